The number of carbonyl (C=O) groups is 1. The quantitative estimate of drug-likeness (QED) is 0.897. The number of nitrogens with zero attached hydrogens (tertiary/aromatic N) is 3. The number of amides is 1. The standard InChI is InChI=1S/C15H18N4O/c1-10-7-11-5-3-4-6-13(11)19(10)15(20)14(16)12-8-17-18(2)9-12/h3-6,8-10,14H,7,16H2,1-2H3. The van der Waals surface area contributed by atoms with Crippen molar-refractivity contribution in [3.8, 4) is 0 Å². The average Bonchev–Trinajstić information content (AvgIpc) is 2.99. The highest BCUT2D eigenvalue weighted by Crippen LogP contribution is 2.33. The number of carbonyl (C=O) groups excluding carboxylic acids is 1. The number of para-hydroxylation sites is 1. The molecule has 5 heteroatoms. The van der Waals surface area contributed by atoms with Gasteiger partial charge in [0.25, 0.3) is 0 Å². The maximum absolute atomic E-state index is 12.7. The predicted molar refractivity (Wildman–Crippen MR) is 77.2 cm³/mol. The van der Waals surface area contributed by atoms with E-state index in [1.54, 1.807) is 17.1 Å². The van der Waals surface area contributed by atoms with E-state index in [0.717, 1.165) is 17.7 Å². The Labute approximate surface area is 118 Å². The fourth-order valence-electron chi connectivity index (χ4n) is 2.79. The molecule has 3 rings (SSSR count). The summed E-state index contributed by atoms with van der Waals surface area (Å²) < 4.78 is 1.66. The second kappa shape index (κ2) is 4.76. The van der Waals surface area contributed by atoms with Crippen LogP contribution < -0.4 is 10.6 Å². The summed E-state index contributed by atoms with van der Waals surface area (Å²) in [6.45, 7) is 2.05. The number of aryl methyl sites for hydroxylation is 1. The summed E-state index contributed by atoms with van der Waals surface area (Å²) in [5, 5.41) is 4.08. The fourth-order valence-corrected chi connectivity index (χ4v) is 2.79. The van der Waals surface area contributed by atoms with Crippen LogP contribution in [0, 0.1) is 0 Å². The van der Waals surface area contributed by atoms with E-state index in [2.05, 4.69) is 11.2 Å². The summed E-state index contributed by atoms with van der Waals surface area (Å²) in [4.78, 5) is 14.5. The van der Waals surface area contributed by atoms with Crippen molar-refractivity contribution in [3.05, 3.63) is 47.8 Å². The number of hydrogen-bond donors (Lipinski definition) is 1. The number of anilines is 1. The molecule has 0 saturated heterocycles. The normalized spacial score (nSPS) is 18.9. The molecule has 1 aliphatic heterocycles. The Morgan fingerprint density at radius 2 is 2.20 bits per heavy atom. The molecule has 20 heavy (non-hydrogen) atoms. The molecule has 0 spiro atoms. The second-order valence-corrected chi connectivity index (χ2v) is 5.32. The molecule has 2 heterocycles. The molecule has 2 atom stereocenters. The zero-order chi connectivity index (χ0) is 14.3. The zero-order valence-electron chi connectivity index (χ0n) is 11.7. The number of rotatable bonds is 2. The van der Waals surface area contributed by atoms with E-state index in [1.807, 2.05) is 37.1 Å². The molecule has 2 N–H and O–H groups in total. The van der Waals surface area contributed by atoms with E-state index < -0.39 is 6.04 Å². The number of aromatic nitrogens is 2. The Kier molecular flexibility index (Phi) is 3.06. The van der Waals surface area contributed by atoms with Gasteiger partial charge in [0, 0.05) is 30.5 Å². The second-order valence-electron chi connectivity index (χ2n) is 5.32. The first-order valence-electron chi connectivity index (χ1n) is 6.73. The van der Waals surface area contributed by atoms with E-state index in [-0.39, 0.29) is 11.9 Å². The van der Waals surface area contributed by atoms with Crippen LogP contribution in [0.5, 0.6) is 0 Å². The van der Waals surface area contributed by atoms with Gasteiger partial charge >= 0.3 is 0 Å². The molecule has 5 nitrogen and oxygen atoms in total. The summed E-state index contributed by atoms with van der Waals surface area (Å²) >= 11 is 0. The Balaban J connectivity index is 1.91. The fraction of sp³-hybridized carbons (Fsp3) is 0.333. The molecule has 2 aromatic rings. The van der Waals surface area contributed by atoms with Crippen molar-refractivity contribution in [2.24, 2.45) is 12.8 Å². The first kappa shape index (κ1) is 12.9. The molecule has 0 saturated carbocycles. The lowest BCUT2D eigenvalue weighted by Gasteiger charge is -2.25. The van der Waals surface area contributed by atoms with Gasteiger partial charge in [0.05, 0.1) is 6.20 Å². The van der Waals surface area contributed by atoms with E-state index in [0.29, 0.717) is 0 Å². The maximum Gasteiger partial charge on any atom is 0.248 e. The van der Waals surface area contributed by atoms with Crippen LogP contribution in [0.15, 0.2) is 36.7 Å². The van der Waals surface area contributed by atoms with Crippen molar-refractivity contribution < 1.29 is 4.79 Å². The van der Waals surface area contributed by atoms with Gasteiger partial charge in [-0.05, 0) is 25.0 Å². The van der Waals surface area contributed by atoms with Gasteiger partial charge in [-0.3, -0.25) is 9.48 Å². The Hall–Kier alpha value is -2.14. The molecule has 104 valence electrons. The van der Waals surface area contributed by atoms with Crippen LogP contribution in [0.2, 0.25) is 0 Å². The lowest BCUT2D eigenvalue weighted by atomic mass is 10.1. The first-order valence-corrected chi connectivity index (χ1v) is 6.73. The van der Waals surface area contributed by atoms with Gasteiger partial charge < -0.3 is 10.6 Å². The zero-order valence-corrected chi connectivity index (χ0v) is 11.7. The highest BCUT2D eigenvalue weighted by atomic mass is 16.2. The minimum Gasteiger partial charge on any atom is -0.316 e. The number of nitrogens with two attached hydrogens (primary N) is 1. The van der Waals surface area contributed by atoms with Crippen LogP contribution in [-0.2, 0) is 18.3 Å². The van der Waals surface area contributed by atoms with Gasteiger partial charge in [0.1, 0.15) is 6.04 Å². The lowest BCUT2D eigenvalue weighted by molar-refractivity contribution is -0.120. The van der Waals surface area contributed by atoms with Gasteiger partial charge in [-0.15, -0.1) is 0 Å². The average molecular weight is 270 g/mol. The molecule has 1 aliphatic rings. The smallest absolute Gasteiger partial charge is 0.248 e. The van der Waals surface area contributed by atoms with Crippen molar-refractivity contribution in [1.82, 2.24) is 9.78 Å². The molecular formula is C15H18N4O. The summed E-state index contributed by atoms with van der Waals surface area (Å²) in [6.07, 6.45) is 4.31. The van der Waals surface area contributed by atoms with Crippen molar-refractivity contribution in [2.75, 3.05) is 4.90 Å². The summed E-state index contributed by atoms with van der Waals surface area (Å²) in [5.41, 5.74) is 9.03. The topological polar surface area (TPSA) is 64.2 Å². The largest absolute Gasteiger partial charge is 0.316 e. The van der Waals surface area contributed by atoms with Gasteiger partial charge in [0.2, 0.25) is 5.91 Å². The van der Waals surface area contributed by atoms with E-state index >= 15 is 0 Å². The lowest BCUT2D eigenvalue weighted by Crippen LogP contribution is -2.41. The van der Waals surface area contributed by atoms with Crippen molar-refractivity contribution in [1.29, 1.82) is 0 Å². The minimum atomic E-state index is -0.669. The molecule has 0 aliphatic carbocycles. The molecule has 1 aromatic heterocycles. The van der Waals surface area contributed by atoms with Crippen LogP contribution >= 0.6 is 0 Å². The highest BCUT2D eigenvalue weighted by Gasteiger charge is 2.34. The maximum atomic E-state index is 12.7. The monoisotopic (exact) mass is 270 g/mol. The first-order chi connectivity index (χ1) is 9.58. The van der Waals surface area contributed by atoms with E-state index in [9.17, 15) is 4.79 Å². The van der Waals surface area contributed by atoms with Gasteiger partial charge in [-0.2, -0.15) is 5.10 Å². The van der Waals surface area contributed by atoms with Gasteiger partial charge in [-0.1, -0.05) is 18.2 Å². The number of fused-ring (bicyclic) bond motifs is 1. The van der Waals surface area contributed by atoms with Crippen LogP contribution in [0.25, 0.3) is 0 Å². The van der Waals surface area contributed by atoms with Crippen LogP contribution in [-0.4, -0.2) is 21.7 Å². The molecule has 1 aromatic carbocycles. The van der Waals surface area contributed by atoms with Gasteiger partial charge in [0.15, 0.2) is 0 Å². The van der Waals surface area contributed by atoms with E-state index in [1.165, 1.54) is 5.56 Å². The van der Waals surface area contributed by atoms with Crippen molar-refractivity contribution >= 4 is 11.6 Å². The minimum absolute atomic E-state index is 0.0737. The van der Waals surface area contributed by atoms with Crippen LogP contribution in [0.3, 0.4) is 0 Å². The van der Waals surface area contributed by atoms with Crippen LogP contribution in [0.4, 0.5) is 5.69 Å². The highest BCUT2D eigenvalue weighted by molar-refractivity contribution is 5.99. The molecule has 0 radical (unpaired) electrons. The molecule has 0 bridgehead atoms. The Bertz CT molecular complexity index is 649. The number of hydrogen-bond acceptors (Lipinski definition) is 3. The van der Waals surface area contributed by atoms with E-state index in [4.69, 9.17) is 5.73 Å². The molecule has 1 amide bonds. The Morgan fingerprint density at radius 3 is 2.90 bits per heavy atom. The third kappa shape index (κ3) is 2.00. The van der Waals surface area contributed by atoms with Crippen LogP contribution in [0.1, 0.15) is 24.1 Å². The molecule has 2 unspecified atom stereocenters. The van der Waals surface area contributed by atoms with Crippen molar-refractivity contribution in [3.63, 3.8) is 0 Å². The summed E-state index contributed by atoms with van der Waals surface area (Å²) in [7, 11) is 1.81. The molecular weight excluding hydrogens is 252 g/mol. The number of benzene rings is 1. The third-order valence-corrected chi connectivity index (χ3v) is 3.79. The summed E-state index contributed by atoms with van der Waals surface area (Å²) in [6, 6.07) is 7.47. The SMILES string of the molecule is CC1Cc2ccccc2N1C(=O)C(N)c1cnn(C)c1. The van der Waals surface area contributed by atoms with Crippen molar-refractivity contribution in [2.45, 2.75) is 25.4 Å². The summed E-state index contributed by atoms with van der Waals surface area (Å²) in [5.74, 6) is -0.0737. The predicted octanol–water partition coefficient (Wildman–Crippen LogP) is 1.40. The third-order valence-electron chi connectivity index (χ3n) is 3.79. The Morgan fingerprint density at radius 1 is 1.45 bits per heavy atom. The molecule has 0 fully saturated rings. The van der Waals surface area contributed by atoms with Gasteiger partial charge in [-0.25, -0.2) is 0 Å².